The molecule has 0 bridgehead atoms. The Hall–Kier alpha value is -2.13. The summed E-state index contributed by atoms with van der Waals surface area (Å²) in [5.41, 5.74) is 0.481. The van der Waals surface area contributed by atoms with Gasteiger partial charge in [0.2, 0.25) is 15.9 Å². The van der Waals surface area contributed by atoms with Gasteiger partial charge in [-0.3, -0.25) is 9.59 Å². The van der Waals surface area contributed by atoms with Crippen LogP contribution in [-0.4, -0.2) is 38.6 Å². The SMILES string of the molecule is CCCC(NS(=O)(=O)c1ccc(OC)c(CNC(=O)CC)c1)C(=O)O. The van der Waals surface area contributed by atoms with E-state index in [2.05, 4.69) is 10.0 Å². The van der Waals surface area contributed by atoms with Gasteiger partial charge in [-0.15, -0.1) is 0 Å². The number of aliphatic carboxylic acids is 1. The average Bonchev–Trinajstić information content (AvgIpc) is 2.58. The summed E-state index contributed by atoms with van der Waals surface area (Å²) < 4.78 is 32.3. The maximum Gasteiger partial charge on any atom is 0.321 e. The molecular weight excluding hydrogens is 348 g/mol. The highest BCUT2D eigenvalue weighted by molar-refractivity contribution is 7.89. The topological polar surface area (TPSA) is 122 Å². The van der Waals surface area contributed by atoms with Crippen LogP contribution in [0.4, 0.5) is 0 Å². The summed E-state index contributed by atoms with van der Waals surface area (Å²) in [6.07, 6.45) is 1.01. The van der Waals surface area contributed by atoms with Crippen molar-refractivity contribution in [2.75, 3.05) is 7.11 Å². The number of carbonyl (C=O) groups excluding carboxylic acids is 1. The predicted octanol–water partition coefficient (Wildman–Crippen LogP) is 1.25. The van der Waals surface area contributed by atoms with E-state index in [9.17, 15) is 18.0 Å². The highest BCUT2D eigenvalue weighted by atomic mass is 32.2. The second-order valence-corrected chi connectivity index (χ2v) is 7.12. The second-order valence-electron chi connectivity index (χ2n) is 5.40. The lowest BCUT2D eigenvalue weighted by molar-refractivity contribution is -0.139. The minimum atomic E-state index is -4.02. The Morgan fingerprint density at radius 3 is 2.48 bits per heavy atom. The second kappa shape index (κ2) is 9.38. The van der Waals surface area contributed by atoms with Gasteiger partial charge in [0.05, 0.1) is 12.0 Å². The summed E-state index contributed by atoms with van der Waals surface area (Å²) in [6.45, 7) is 3.58. The van der Waals surface area contributed by atoms with Gasteiger partial charge in [0.1, 0.15) is 11.8 Å². The first kappa shape index (κ1) is 20.9. The molecular formula is C16H24N2O6S. The van der Waals surface area contributed by atoms with E-state index in [4.69, 9.17) is 9.84 Å². The van der Waals surface area contributed by atoms with Gasteiger partial charge in [0.25, 0.3) is 0 Å². The van der Waals surface area contributed by atoms with E-state index in [0.29, 0.717) is 24.2 Å². The van der Waals surface area contributed by atoms with Gasteiger partial charge in [-0.25, -0.2) is 8.42 Å². The van der Waals surface area contributed by atoms with Gasteiger partial charge in [0, 0.05) is 18.5 Å². The molecule has 0 aliphatic carbocycles. The number of rotatable bonds is 10. The standard InChI is InChI=1S/C16H24N2O6S/c1-4-6-13(16(20)21)18-25(22,23)12-7-8-14(24-3)11(9-12)10-17-15(19)5-2/h7-9,13,18H,4-6,10H2,1-3H3,(H,17,19)(H,20,21). The lowest BCUT2D eigenvalue weighted by atomic mass is 10.2. The molecule has 3 N–H and O–H groups in total. The summed E-state index contributed by atoms with van der Waals surface area (Å²) in [5.74, 6) is -0.976. The summed E-state index contributed by atoms with van der Waals surface area (Å²) >= 11 is 0. The average molecular weight is 372 g/mol. The summed E-state index contributed by atoms with van der Waals surface area (Å²) in [7, 11) is -2.58. The van der Waals surface area contributed by atoms with E-state index in [-0.39, 0.29) is 23.8 Å². The number of benzene rings is 1. The monoisotopic (exact) mass is 372 g/mol. The molecule has 1 unspecified atom stereocenters. The number of carboxylic acids is 1. The Bertz CT molecular complexity index is 717. The van der Waals surface area contributed by atoms with E-state index in [0.717, 1.165) is 0 Å². The minimum absolute atomic E-state index is 0.0867. The van der Waals surface area contributed by atoms with Crippen LogP contribution < -0.4 is 14.8 Å². The Morgan fingerprint density at radius 2 is 1.96 bits per heavy atom. The molecule has 9 heteroatoms. The number of sulfonamides is 1. The number of ether oxygens (including phenoxy) is 1. The van der Waals surface area contributed by atoms with Crippen molar-refractivity contribution in [3.8, 4) is 5.75 Å². The fourth-order valence-corrected chi connectivity index (χ4v) is 3.43. The third kappa shape index (κ3) is 6.02. The fraction of sp³-hybridized carbons (Fsp3) is 0.500. The molecule has 140 valence electrons. The number of hydrogen-bond donors (Lipinski definition) is 3. The van der Waals surface area contributed by atoms with Crippen LogP contribution in [-0.2, 0) is 26.2 Å². The zero-order valence-corrected chi connectivity index (χ0v) is 15.4. The van der Waals surface area contributed by atoms with E-state index in [1.807, 2.05) is 0 Å². The van der Waals surface area contributed by atoms with Crippen molar-refractivity contribution in [3.05, 3.63) is 23.8 Å². The molecule has 0 aromatic heterocycles. The van der Waals surface area contributed by atoms with Gasteiger partial charge in [-0.2, -0.15) is 4.72 Å². The lowest BCUT2D eigenvalue weighted by Gasteiger charge is -2.16. The van der Waals surface area contributed by atoms with Crippen LogP contribution in [0.25, 0.3) is 0 Å². The molecule has 1 amide bonds. The third-order valence-electron chi connectivity index (χ3n) is 3.53. The molecule has 0 heterocycles. The van der Waals surface area contributed by atoms with E-state index in [1.165, 1.54) is 25.3 Å². The zero-order valence-electron chi connectivity index (χ0n) is 14.5. The molecule has 0 fully saturated rings. The van der Waals surface area contributed by atoms with Crippen molar-refractivity contribution < 1.29 is 27.9 Å². The van der Waals surface area contributed by atoms with Crippen LogP contribution in [0, 0.1) is 0 Å². The molecule has 8 nitrogen and oxygen atoms in total. The van der Waals surface area contributed by atoms with Crippen LogP contribution in [0.15, 0.2) is 23.1 Å². The largest absolute Gasteiger partial charge is 0.496 e. The number of amides is 1. The molecule has 0 saturated heterocycles. The van der Waals surface area contributed by atoms with Crippen LogP contribution in [0.1, 0.15) is 38.7 Å². The molecule has 1 aromatic carbocycles. The van der Waals surface area contributed by atoms with Crippen molar-refractivity contribution in [3.63, 3.8) is 0 Å². The molecule has 0 spiro atoms. The number of nitrogens with one attached hydrogen (secondary N) is 2. The molecule has 25 heavy (non-hydrogen) atoms. The molecule has 0 saturated carbocycles. The van der Waals surface area contributed by atoms with Crippen molar-refractivity contribution in [1.29, 1.82) is 0 Å². The minimum Gasteiger partial charge on any atom is -0.496 e. The molecule has 1 atom stereocenters. The maximum absolute atomic E-state index is 12.5. The summed E-state index contributed by atoms with van der Waals surface area (Å²) in [5, 5.41) is 11.8. The zero-order chi connectivity index (χ0) is 19.0. The van der Waals surface area contributed by atoms with Crippen molar-refractivity contribution in [1.82, 2.24) is 10.0 Å². The van der Waals surface area contributed by atoms with Crippen LogP contribution >= 0.6 is 0 Å². The summed E-state index contributed by atoms with van der Waals surface area (Å²) in [6, 6.07) is 2.97. The van der Waals surface area contributed by atoms with E-state index < -0.39 is 22.0 Å². The maximum atomic E-state index is 12.5. The Labute approximate surface area is 147 Å². The lowest BCUT2D eigenvalue weighted by Crippen LogP contribution is -2.40. The molecule has 0 aliphatic heterocycles. The molecule has 0 aliphatic rings. The smallest absolute Gasteiger partial charge is 0.321 e. The Balaban J connectivity index is 3.10. The van der Waals surface area contributed by atoms with E-state index in [1.54, 1.807) is 13.8 Å². The van der Waals surface area contributed by atoms with Crippen LogP contribution in [0.2, 0.25) is 0 Å². The first-order valence-corrected chi connectivity index (χ1v) is 9.42. The number of carbonyl (C=O) groups is 2. The highest BCUT2D eigenvalue weighted by Crippen LogP contribution is 2.23. The van der Waals surface area contributed by atoms with E-state index >= 15 is 0 Å². The van der Waals surface area contributed by atoms with Gasteiger partial charge >= 0.3 is 5.97 Å². The predicted molar refractivity (Wildman–Crippen MR) is 91.8 cm³/mol. The van der Waals surface area contributed by atoms with Crippen LogP contribution in [0.5, 0.6) is 5.75 Å². The van der Waals surface area contributed by atoms with Crippen molar-refractivity contribution in [2.45, 2.75) is 50.6 Å². The number of hydrogen-bond acceptors (Lipinski definition) is 5. The number of methoxy groups -OCH3 is 1. The highest BCUT2D eigenvalue weighted by Gasteiger charge is 2.25. The van der Waals surface area contributed by atoms with Gasteiger partial charge in [-0.05, 0) is 24.6 Å². The third-order valence-corrected chi connectivity index (χ3v) is 5.00. The normalized spacial score (nSPS) is 12.4. The number of carboxylic acid groups (broad SMARTS) is 1. The Kier molecular flexibility index (Phi) is 7.85. The van der Waals surface area contributed by atoms with Crippen LogP contribution in [0.3, 0.4) is 0 Å². The molecule has 0 radical (unpaired) electrons. The first-order chi connectivity index (χ1) is 11.7. The molecule has 1 aromatic rings. The van der Waals surface area contributed by atoms with Crippen molar-refractivity contribution in [2.24, 2.45) is 0 Å². The quantitative estimate of drug-likeness (QED) is 0.568. The first-order valence-electron chi connectivity index (χ1n) is 7.93. The summed E-state index contributed by atoms with van der Waals surface area (Å²) in [4.78, 5) is 22.5. The molecule has 1 rings (SSSR count). The fourth-order valence-electron chi connectivity index (χ4n) is 2.16. The van der Waals surface area contributed by atoms with Crippen molar-refractivity contribution >= 4 is 21.9 Å². The van der Waals surface area contributed by atoms with Gasteiger partial charge < -0.3 is 15.2 Å². The Morgan fingerprint density at radius 1 is 1.28 bits per heavy atom. The van der Waals surface area contributed by atoms with Gasteiger partial charge in [0.15, 0.2) is 0 Å². The van der Waals surface area contributed by atoms with Gasteiger partial charge in [-0.1, -0.05) is 20.3 Å².